The molecule has 148 valence electrons. The Morgan fingerprint density at radius 3 is 1.76 bits per heavy atom. The van der Waals surface area contributed by atoms with Crippen molar-refractivity contribution in [2.75, 3.05) is 13.2 Å². The maximum absolute atomic E-state index is 13.7. The van der Waals surface area contributed by atoms with E-state index < -0.39 is 48.9 Å². The average molecular weight is 400 g/mol. The number of alkyl halides is 11. The highest BCUT2D eigenvalue weighted by atomic mass is 19.4. The largest absolute Gasteiger partial charge is 0.462 e. The minimum absolute atomic E-state index is 0.174. The second-order valence-corrected chi connectivity index (χ2v) is 4.67. The van der Waals surface area contributed by atoms with Crippen LogP contribution >= 0.6 is 0 Å². The Balaban J connectivity index is 3.16. The van der Waals surface area contributed by atoms with Crippen LogP contribution < -0.4 is 0 Å². The molecule has 0 bridgehead atoms. The van der Waals surface area contributed by atoms with Gasteiger partial charge in [-0.3, -0.25) is 4.74 Å². The quantitative estimate of drug-likeness (QED) is 0.525. The van der Waals surface area contributed by atoms with Crippen LogP contribution in [-0.4, -0.2) is 55.5 Å². The molecular weight excluding hydrogens is 393 g/mol. The third kappa shape index (κ3) is 4.07. The van der Waals surface area contributed by atoms with E-state index in [4.69, 9.17) is 0 Å². The van der Waals surface area contributed by atoms with Crippen LogP contribution in [0.3, 0.4) is 0 Å². The standard InChI is InChI=1S/C10H7F11O4/c11-6(8(14,15)16,5(22)24-4-1-2-23-3-4)25-10(20,21)7(12,13)9(17,18)19/h4H,1-3H2. The SMILES string of the molecule is O=C(OC1CCOC1)C(F)(OC(F)(F)C(F)(F)C(F)(F)F)C(F)(F)F. The fourth-order valence-corrected chi connectivity index (χ4v) is 1.45. The molecule has 0 aromatic carbocycles. The summed E-state index contributed by atoms with van der Waals surface area (Å²) in [5.74, 6) is -16.8. The molecule has 0 spiro atoms. The summed E-state index contributed by atoms with van der Waals surface area (Å²) in [6, 6.07) is 0. The van der Waals surface area contributed by atoms with Gasteiger partial charge in [0.2, 0.25) is 0 Å². The van der Waals surface area contributed by atoms with Crippen LogP contribution in [0.4, 0.5) is 48.3 Å². The van der Waals surface area contributed by atoms with E-state index in [1.165, 1.54) is 0 Å². The number of esters is 1. The van der Waals surface area contributed by atoms with E-state index in [2.05, 4.69) is 9.47 Å². The van der Waals surface area contributed by atoms with Crippen molar-refractivity contribution >= 4 is 5.97 Å². The molecule has 1 heterocycles. The van der Waals surface area contributed by atoms with Gasteiger partial charge >= 0.3 is 36.2 Å². The van der Waals surface area contributed by atoms with Gasteiger partial charge in [0.05, 0.1) is 13.2 Å². The first-order valence-electron chi connectivity index (χ1n) is 6.02. The Kier molecular flexibility index (Phi) is 5.55. The first-order valence-corrected chi connectivity index (χ1v) is 6.02. The Labute approximate surface area is 130 Å². The normalized spacial score (nSPS) is 22.6. The molecule has 15 heteroatoms. The van der Waals surface area contributed by atoms with Gasteiger partial charge in [0.15, 0.2) is 0 Å². The maximum atomic E-state index is 13.7. The monoisotopic (exact) mass is 400 g/mol. The lowest BCUT2D eigenvalue weighted by Gasteiger charge is -2.33. The van der Waals surface area contributed by atoms with Crippen molar-refractivity contribution in [2.45, 2.75) is 42.8 Å². The van der Waals surface area contributed by atoms with E-state index in [1.54, 1.807) is 0 Å². The zero-order valence-electron chi connectivity index (χ0n) is 11.5. The number of hydrogen-bond donors (Lipinski definition) is 0. The van der Waals surface area contributed by atoms with E-state index in [9.17, 15) is 53.1 Å². The zero-order chi connectivity index (χ0) is 19.9. The van der Waals surface area contributed by atoms with E-state index in [0.717, 1.165) is 0 Å². The summed E-state index contributed by atoms with van der Waals surface area (Å²) in [4.78, 5) is 11.2. The molecule has 0 saturated carbocycles. The molecule has 0 amide bonds. The van der Waals surface area contributed by atoms with E-state index in [1.807, 2.05) is 4.74 Å². The van der Waals surface area contributed by atoms with Crippen molar-refractivity contribution in [3.05, 3.63) is 0 Å². The molecular formula is C10H7F11O4. The van der Waals surface area contributed by atoms with Crippen LogP contribution in [0.2, 0.25) is 0 Å². The van der Waals surface area contributed by atoms with Gasteiger partial charge in [-0.15, -0.1) is 0 Å². The van der Waals surface area contributed by atoms with Gasteiger partial charge in [0, 0.05) is 6.42 Å². The molecule has 0 aliphatic carbocycles. The number of halogens is 11. The minimum atomic E-state index is -7.24. The van der Waals surface area contributed by atoms with Crippen LogP contribution in [0.5, 0.6) is 0 Å². The summed E-state index contributed by atoms with van der Waals surface area (Å²) in [6.07, 6.45) is -22.8. The van der Waals surface area contributed by atoms with E-state index in [0.29, 0.717) is 0 Å². The lowest BCUT2D eigenvalue weighted by Crippen LogP contribution is -2.62. The lowest BCUT2D eigenvalue weighted by atomic mass is 10.2. The van der Waals surface area contributed by atoms with Gasteiger partial charge in [-0.25, -0.2) is 4.79 Å². The number of ether oxygens (including phenoxy) is 3. The van der Waals surface area contributed by atoms with Crippen molar-refractivity contribution < 1.29 is 67.3 Å². The average Bonchev–Trinajstić information content (AvgIpc) is 2.87. The Bertz CT molecular complexity index is 494. The molecule has 1 rings (SSSR count). The van der Waals surface area contributed by atoms with Crippen molar-refractivity contribution in [3.8, 4) is 0 Å². The molecule has 1 saturated heterocycles. The molecule has 1 fully saturated rings. The zero-order valence-corrected chi connectivity index (χ0v) is 11.5. The summed E-state index contributed by atoms with van der Waals surface area (Å²) in [6.45, 7) is -0.749. The highest BCUT2D eigenvalue weighted by Gasteiger charge is 2.80. The summed E-state index contributed by atoms with van der Waals surface area (Å²) in [5.41, 5.74) is 0. The second-order valence-electron chi connectivity index (χ2n) is 4.67. The molecule has 0 aromatic rings. The highest BCUT2D eigenvalue weighted by molar-refractivity contribution is 5.79. The second kappa shape index (κ2) is 6.41. The van der Waals surface area contributed by atoms with Crippen molar-refractivity contribution in [2.24, 2.45) is 0 Å². The molecule has 2 unspecified atom stereocenters. The van der Waals surface area contributed by atoms with Gasteiger partial charge in [-0.05, 0) is 0 Å². The molecule has 0 N–H and O–H groups in total. The van der Waals surface area contributed by atoms with Crippen LogP contribution in [0.15, 0.2) is 0 Å². The van der Waals surface area contributed by atoms with Gasteiger partial charge in [0.25, 0.3) is 0 Å². The third-order valence-electron chi connectivity index (χ3n) is 2.78. The molecule has 25 heavy (non-hydrogen) atoms. The van der Waals surface area contributed by atoms with Gasteiger partial charge < -0.3 is 9.47 Å². The minimum Gasteiger partial charge on any atom is -0.455 e. The number of rotatable bonds is 5. The Hall–Kier alpha value is -1.38. The summed E-state index contributed by atoms with van der Waals surface area (Å²) in [7, 11) is 0. The summed E-state index contributed by atoms with van der Waals surface area (Å²) < 4.78 is 148. The number of hydrogen-bond acceptors (Lipinski definition) is 4. The number of carbonyl (C=O) groups excluding carboxylic acids is 1. The van der Waals surface area contributed by atoms with Gasteiger partial charge in [-0.2, -0.15) is 48.3 Å². The predicted molar refractivity (Wildman–Crippen MR) is 52.2 cm³/mol. The predicted octanol–water partition coefficient (Wildman–Crippen LogP) is 3.35. The topological polar surface area (TPSA) is 44.8 Å². The highest BCUT2D eigenvalue weighted by Crippen LogP contribution is 2.51. The van der Waals surface area contributed by atoms with E-state index >= 15 is 0 Å². The van der Waals surface area contributed by atoms with Crippen LogP contribution in [0, 0.1) is 0 Å². The van der Waals surface area contributed by atoms with Crippen molar-refractivity contribution in [3.63, 3.8) is 0 Å². The van der Waals surface area contributed by atoms with E-state index in [-0.39, 0.29) is 13.0 Å². The lowest BCUT2D eigenvalue weighted by molar-refractivity contribution is -0.475. The third-order valence-corrected chi connectivity index (χ3v) is 2.78. The van der Waals surface area contributed by atoms with Crippen molar-refractivity contribution in [1.29, 1.82) is 0 Å². The van der Waals surface area contributed by atoms with Gasteiger partial charge in [-0.1, -0.05) is 0 Å². The molecule has 1 aliphatic heterocycles. The Morgan fingerprint density at radius 1 is 0.880 bits per heavy atom. The molecule has 2 atom stereocenters. The fraction of sp³-hybridized carbons (Fsp3) is 0.900. The van der Waals surface area contributed by atoms with Crippen molar-refractivity contribution in [1.82, 2.24) is 0 Å². The maximum Gasteiger partial charge on any atom is 0.462 e. The summed E-state index contributed by atoms with van der Waals surface area (Å²) in [5, 5.41) is 0. The molecule has 4 nitrogen and oxygen atoms in total. The Morgan fingerprint density at radius 2 is 1.40 bits per heavy atom. The molecule has 0 aromatic heterocycles. The fourth-order valence-electron chi connectivity index (χ4n) is 1.45. The first-order chi connectivity index (χ1) is 11.0. The number of carbonyl (C=O) groups is 1. The van der Waals surface area contributed by atoms with Crippen LogP contribution in [0.25, 0.3) is 0 Å². The van der Waals surface area contributed by atoms with Crippen LogP contribution in [-0.2, 0) is 19.0 Å². The first kappa shape index (κ1) is 21.7. The van der Waals surface area contributed by atoms with Gasteiger partial charge in [0.1, 0.15) is 6.10 Å². The van der Waals surface area contributed by atoms with Crippen LogP contribution in [0.1, 0.15) is 6.42 Å². The smallest absolute Gasteiger partial charge is 0.455 e. The molecule has 1 aliphatic rings. The summed E-state index contributed by atoms with van der Waals surface area (Å²) >= 11 is 0. The molecule has 0 radical (unpaired) electrons.